The van der Waals surface area contributed by atoms with Crippen molar-refractivity contribution >= 4 is 40.8 Å². The maximum atomic E-state index is 11.9. The predicted molar refractivity (Wildman–Crippen MR) is 93.0 cm³/mol. The Hall–Kier alpha value is -2.24. The van der Waals surface area contributed by atoms with Gasteiger partial charge in [-0.1, -0.05) is 35.3 Å². The molecule has 0 radical (unpaired) electrons. The van der Waals surface area contributed by atoms with Crippen LogP contribution in [-0.2, 0) is 9.53 Å². The number of hydrogen-bond acceptors (Lipinski definition) is 4. The largest absolute Gasteiger partial charge is 0.507 e. The molecule has 7 heteroatoms. The molecule has 0 aliphatic rings. The van der Waals surface area contributed by atoms with Crippen molar-refractivity contribution in [3.8, 4) is 5.75 Å². The number of rotatable bonds is 4. The Kier molecular flexibility index (Phi) is 5.70. The van der Waals surface area contributed by atoms with Crippen molar-refractivity contribution < 1.29 is 19.4 Å². The van der Waals surface area contributed by atoms with Gasteiger partial charge in [-0.15, -0.1) is 0 Å². The fourth-order valence-electron chi connectivity index (χ4n) is 1.97. The third-order valence-electron chi connectivity index (χ3n) is 3.26. The molecule has 0 bridgehead atoms. The van der Waals surface area contributed by atoms with Crippen LogP contribution in [-0.4, -0.2) is 23.6 Å². The molecule has 0 saturated heterocycles. The molecule has 0 heterocycles. The average Bonchev–Trinajstić information content (AvgIpc) is 2.53. The smallest absolute Gasteiger partial charge is 0.342 e. The van der Waals surface area contributed by atoms with E-state index in [1.54, 1.807) is 32.0 Å². The Morgan fingerprint density at radius 3 is 2.54 bits per heavy atom. The number of phenolic OH excluding ortho intramolecular Hbond substituents is 1. The quantitative estimate of drug-likeness (QED) is 0.797. The van der Waals surface area contributed by atoms with Crippen molar-refractivity contribution in [1.29, 1.82) is 0 Å². The van der Waals surface area contributed by atoms with Gasteiger partial charge in [0.2, 0.25) is 0 Å². The maximum Gasteiger partial charge on any atom is 0.342 e. The van der Waals surface area contributed by atoms with E-state index in [1.807, 2.05) is 0 Å². The van der Waals surface area contributed by atoms with Crippen molar-refractivity contribution in [2.75, 3.05) is 11.9 Å². The van der Waals surface area contributed by atoms with E-state index in [2.05, 4.69) is 5.32 Å². The highest BCUT2D eigenvalue weighted by molar-refractivity contribution is 6.40. The van der Waals surface area contributed by atoms with Gasteiger partial charge < -0.3 is 15.2 Å². The Bertz CT molecular complexity index is 805. The average molecular weight is 368 g/mol. The van der Waals surface area contributed by atoms with Gasteiger partial charge in [0.05, 0.1) is 15.7 Å². The molecular formula is C17H15Cl2NO4. The summed E-state index contributed by atoms with van der Waals surface area (Å²) in [4.78, 5) is 23.8. The van der Waals surface area contributed by atoms with Crippen LogP contribution in [0.2, 0.25) is 10.0 Å². The van der Waals surface area contributed by atoms with Crippen molar-refractivity contribution in [2.45, 2.75) is 13.8 Å². The molecule has 126 valence electrons. The van der Waals surface area contributed by atoms with Crippen LogP contribution in [0.5, 0.6) is 5.75 Å². The van der Waals surface area contributed by atoms with E-state index in [0.717, 1.165) is 11.1 Å². The van der Waals surface area contributed by atoms with Crippen LogP contribution in [0.4, 0.5) is 5.69 Å². The number of aromatic hydroxyl groups is 1. The van der Waals surface area contributed by atoms with Gasteiger partial charge >= 0.3 is 5.97 Å². The summed E-state index contributed by atoms with van der Waals surface area (Å²) in [6, 6.07) is 7.85. The van der Waals surface area contributed by atoms with E-state index in [0.29, 0.717) is 5.02 Å². The second kappa shape index (κ2) is 7.55. The number of ether oxygens (including phenoxy) is 1. The van der Waals surface area contributed by atoms with Gasteiger partial charge in [-0.3, -0.25) is 4.79 Å². The Labute approximate surface area is 149 Å². The van der Waals surface area contributed by atoms with E-state index < -0.39 is 18.5 Å². The molecule has 2 N–H and O–H groups in total. The van der Waals surface area contributed by atoms with Gasteiger partial charge in [-0.05, 0) is 43.2 Å². The lowest BCUT2D eigenvalue weighted by molar-refractivity contribution is -0.119. The molecule has 0 aliphatic carbocycles. The van der Waals surface area contributed by atoms with Crippen LogP contribution in [0.15, 0.2) is 30.3 Å². The van der Waals surface area contributed by atoms with Crippen LogP contribution in [0.3, 0.4) is 0 Å². The summed E-state index contributed by atoms with van der Waals surface area (Å²) in [5.74, 6) is -1.60. The molecular weight excluding hydrogens is 353 g/mol. The number of amides is 1. The zero-order chi connectivity index (χ0) is 17.9. The highest BCUT2D eigenvalue weighted by atomic mass is 35.5. The molecule has 0 aromatic heterocycles. The summed E-state index contributed by atoms with van der Waals surface area (Å²) in [6.45, 7) is 3.01. The number of nitrogens with one attached hydrogen (secondary N) is 1. The third kappa shape index (κ3) is 4.19. The predicted octanol–water partition coefficient (Wildman–Crippen LogP) is 4.11. The molecule has 2 aromatic rings. The highest BCUT2D eigenvalue weighted by Gasteiger charge is 2.16. The van der Waals surface area contributed by atoms with Crippen LogP contribution < -0.4 is 5.32 Å². The zero-order valence-corrected chi connectivity index (χ0v) is 14.5. The van der Waals surface area contributed by atoms with E-state index in [-0.39, 0.29) is 22.0 Å². The fraction of sp³-hybridized carbons (Fsp3) is 0.176. The minimum Gasteiger partial charge on any atom is -0.507 e. The molecule has 2 rings (SSSR count). The summed E-state index contributed by atoms with van der Waals surface area (Å²) >= 11 is 12.1. The topological polar surface area (TPSA) is 75.6 Å². The van der Waals surface area contributed by atoms with Gasteiger partial charge in [-0.25, -0.2) is 4.79 Å². The first kappa shape index (κ1) is 18.1. The van der Waals surface area contributed by atoms with Crippen LogP contribution >= 0.6 is 23.2 Å². The van der Waals surface area contributed by atoms with Crippen LogP contribution in [0.25, 0.3) is 0 Å². The lowest BCUT2D eigenvalue weighted by atomic mass is 10.1. The molecule has 1 amide bonds. The number of aryl methyl sites for hydroxylation is 2. The number of hydrogen-bond donors (Lipinski definition) is 2. The van der Waals surface area contributed by atoms with Crippen LogP contribution in [0.1, 0.15) is 21.5 Å². The molecule has 0 unspecified atom stereocenters. The highest BCUT2D eigenvalue weighted by Crippen LogP contribution is 2.32. The van der Waals surface area contributed by atoms with Crippen molar-refractivity contribution in [3.05, 3.63) is 57.1 Å². The first-order chi connectivity index (χ1) is 11.3. The fourth-order valence-corrected chi connectivity index (χ4v) is 2.44. The second-order valence-electron chi connectivity index (χ2n) is 5.20. The molecule has 0 fully saturated rings. The van der Waals surface area contributed by atoms with E-state index in [4.69, 9.17) is 27.9 Å². The molecule has 0 saturated carbocycles. The molecule has 24 heavy (non-hydrogen) atoms. The molecule has 0 spiro atoms. The molecule has 0 aliphatic heterocycles. The minimum atomic E-state index is -0.802. The number of carbonyl (C=O) groups excluding carboxylic acids is 2. The van der Waals surface area contributed by atoms with Crippen molar-refractivity contribution in [1.82, 2.24) is 0 Å². The minimum absolute atomic E-state index is 0.0139. The monoisotopic (exact) mass is 367 g/mol. The zero-order valence-electron chi connectivity index (χ0n) is 13.0. The number of carbonyl (C=O) groups is 2. The summed E-state index contributed by atoms with van der Waals surface area (Å²) in [5, 5.41) is 12.8. The van der Waals surface area contributed by atoms with E-state index >= 15 is 0 Å². The summed E-state index contributed by atoms with van der Waals surface area (Å²) in [7, 11) is 0. The first-order valence-corrected chi connectivity index (χ1v) is 7.76. The number of phenols is 1. The Balaban J connectivity index is 2.01. The molecule has 5 nitrogen and oxygen atoms in total. The summed E-state index contributed by atoms with van der Waals surface area (Å²) < 4.78 is 4.90. The van der Waals surface area contributed by atoms with Gasteiger partial charge in [0.15, 0.2) is 6.61 Å². The van der Waals surface area contributed by atoms with Gasteiger partial charge in [0, 0.05) is 0 Å². The van der Waals surface area contributed by atoms with Crippen molar-refractivity contribution in [2.24, 2.45) is 0 Å². The lowest BCUT2D eigenvalue weighted by Crippen LogP contribution is -2.21. The summed E-state index contributed by atoms with van der Waals surface area (Å²) in [5.41, 5.74) is 1.79. The maximum absolute atomic E-state index is 11.9. The van der Waals surface area contributed by atoms with Crippen LogP contribution in [0, 0.1) is 13.8 Å². The molecule has 0 atom stereocenters. The van der Waals surface area contributed by atoms with Gasteiger partial charge in [0.1, 0.15) is 11.3 Å². The Morgan fingerprint density at radius 2 is 1.88 bits per heavy atom. The Morgan fingerprint density at radius 1 is 1.17 bits per heavy atom. The lowest BCUT2D eigenvalue weighted by Gasteiger charge is -2.11. The first-order valence-electron chi connectivity index (χ1n) is 7.00. The SMILES string of the molecule is Cc1ccc(C(=O)OCC(=O)Nc2c(Cl)ccc(C)c2Cl)c(O)c1. The third-order valence-corrected chi connectivity index (χ3v) is 4.06. The molecule has 2 aromatic carbocycles. The number of halogens is 2. The van der Waals surface area contributed by atoms with Gasteiger partial charge in [-0.2, -0.15) is 0 Å². The number of benzene rings is 2. The van der Waals surface area contributed by atoms with Gasteiger partial charge in [0.25, 0.3) is 5.91 Å². The number of esters is 1. The second-order valence-corrected chi connectivity index (χ2v) is 5.98. The van der Waals surface area contributed by atoms with Crippen molar-refractivity contribution in [3.63, 3.8) is 0 Å². The standard InChI is InChI=1S/C17H15Cl2NO4/c1-9-3-5-11(13(21)7-9)17(23)24-8-14(22)20-16-12(18)6-4-10(2)15(16)19/h3-7,21H,8H2,1-2H3,(H,20,22). The van der Waals surface area contributed by atoms with E-state index in [1.165, 1.54) is 12.1 Å². The number of anilines is 1. The van der Waals surface area contributed by atoms with E-state index in [9.17, 15) is 14.7 Å². The summed E-state index contributed by atoms with van der Waals surface area (Å²) in [6.07, 6.45) is 0. The normalized spacial score (nSPS) is 10.3.